The number of nitriles is 1. The van der Waals surface area contributed by atoms with Crippen LogP contribution in [0.1, 0.15) is 11.1 Å². The highest BCUT2D eigenvalue weighted by molar-refractivity contribution is 9.08. The van der Waals surface area contributed by atoms with Gasteiger partial charge < -0.3 is 4.90 Å². The Morgan fingerprint density at radius 1 is 1.21 bits per heavy atom. The van der Waals surface area contributed by atoms with E-state index in [9.17, 15) is 4.39 Å². The number of benzene rings is 2. The summed E-state index contributed by atoms with van der Waals surface area (Å²) in [5, 5.41) is 9.69. The number of hydrogen-bond acceptors (Lipinski definition) is 2. The molecule has 0 spiro atoms. The van der Waals surface area contributed by atoms with Gasteiger partial charge in [0.1, 0.15) is 11.9 Å². The van der Waals surface area contributed by atoms with E-state index in [1.54, 1.807) is 30.1 Å². The van der Waals surface area contributed by atoms with Gasteiger partial charge in [-0.1, -0.05) is 40.2 Å². The van der Waals surface area contributed by atoms with Gasteiger partial charge in [0, 0.05) is 12.4 Å². The summed E-state index contributed by atoms with van der Waals surface area (Å²) in [6.07, 6.45) is 0. The Hall–Kier alpha value is -1.86. The quantitative estimate of drug-likeness (QED) is 0.786. The van der Waals surface area contributed by atoms with Crippen molar-refractivity contribution in [3.8, 4) is 6.07 Å². The summed E-state index contributed by atoms with van der Waals surface area (Å²) in [4.78, 5) is 1.71. The topological polar surface area (TPSA) is 27.0 Å². The molecular formula is C15H12BrFN2. The van der Waals surface area contributed by atoms with Crippen molar-refractivity contribution in [2.24, 2.45) is 0 Å². The number of alkyl halides is 1. The van der Waals surface area contributed by atoms with E-state index in [4.69, 9.17) is 5.26 Å². The molecule has 0 heterocycles. The summed E-state index contributed by atoms with van der Waals surface area (Å²) in [6, 6.07) is 14.3. The molecule has 0 saturated carbocycles. The van der Waals surface area contributed by atoms with Crippen LogP contribution < -0.4 is 4.90 Å². The molecule has 2 aromatic carbocycles. The molecule has 0 aliphatic carbocycles. The smallest absolute Gasteiger partial charge is 0.147 e. The lowest BCUT2D eigenvalue weighted by Crippen LogP contribution is -2.14. The Morgan fingerprint density at radius 3 is 2.63 bits per heavy atom. The van der Waals surface area contributed by atoms with Gasteiger partial charge in [0.15, 0.2) is 0 Å². The summed E-state index contributed by atoms with van der Waals surface area (Å²) in [5.41, 5.74) is 2.54. The molecule has 0 aromatic heterocycles. The lowest BCUT2D eigenvalue weighted by Gasteiger charge is -2.23. The highest BCUT2D eigenvalue weighted by atomic mass is 79.9. The molecule has 96 valence electrons. The first-order valence-electron chi connectivity index (χ1n) is 5.75. The molecular weight excluding hydrogens is 307 g/mol. The Bertz CT molecular complexity index is 634. The highest BCUT2D eigenvalue weighted by Gasteiger charge is 2.15. The van der Waals surface area contributed by atoms with Gasteiger partial charge in [-0.15, -0.1) is 0 Å². The molecule has 2 rings (SSSR count). The van der Waals surface area contributed by atoms with Crippen LogP contribution in [0.15, 0.2) is 42.5 Å². The van der Waals surface area contributed by atoms with Gasteiger partial charge in [-0.2, -0.15) is 5.26 Å². The average Bonchev–Trinajstić information content (AvgIpc) is 2.46. The molecule has 0 saturated heterocycles. The Labute approximate surface area is 120 Å². The first-order valence-corrected chi connectivity index (χ1v) is 6.87. The third-order valence-corrected chi connectivity index (χ3v) is 3.54. The zero-order valence-electron chi connectivity index (χ0n) is 10.4. The minimum atomic E-state index is -0.299. The highest BCUT2D eigenvalue weighted by Crippen LogP contribution is 2.32. The molecule has 0 atom stereocenters. The Kier molecular flexibility index (Phi) is 4.18. The van der Waals surface area contributed by atoms with E-state index in [2.05, 4.69) is 22.0 Å². The van der Waals surface area contributed by atoms with Crippen LogP contribution in [0.5, 0.6) is 0 Å². The minimum Gasteiger partial charge on any atom is -0.341 e. The van der Waals surface area contributed by atoms with Gasteiger partial charge in [-0.3, -0.25) is 0 Å². The normalized spacial score (nSPS) is 10.0. The molecule has 2 aromatic rings. The van der Waals surface area contributed by atoms with Crippen LogP contribution in [-0.4, -0.2) is 7.05 Å². The van der Waals surface area contributed by atoms with Crippen molar-refractivity contribution in [2.45, 2.75) is 5.33 Å². The second kappa shape index (κ2) is 5.85. The Balaban J connectivity index is 2.57. The minimum absolute atomic E-state index is 0.299. The lowest BCUT2D eigenvalue weighted by molar-refractivity contribution is 0.626. The lowest BCUT2D eigenvalue weighted by atomic mass is 10.1. The molecule has 0 aliphatic rings. The fourth-order valence-corrected chi connectivity index (χ4v) is 2.48. The first kappa shape index (κ1) is 13.6. The molecule has 0 aliphatic heterocycles. The van der Waals surface area contributed by atoms with Crippen LogP contribution in [-0.2, 0) is 5.33 Å². The monoisotopic (exact) mass is 318 g/mol. The molecule has 2 nitrogen and oxygen atoms in total. The maximum Gasteiger partial charge on any atom is 0.147 e. The number of hydrogen-bond donors (Lipinski definition) is 0. The predicted molar refractivity (Wildman–Crippen MR) is 78.3 cm³/mol. The first-order chi connectivity index (χ1) is 9.19. The van der Waals surface area contributed by atoms with Crippen LogP contribution in [0.2, 0.25) is 0 Å². The van der Waals surface area contributed by atoms with Crippen molar-refractivity contribution < 1.29 is 4.39 Å². The van der Waals surface area contributed by atoms with Gasteiger partial charge in [0.25, 0.3) is 0 Å². The second-order valence-electron chi connectivity index (χ2n) is 4.07. The van der Waals surface area contributed by atoms with E-state index in [0.29, 0.717) is 22.3 Å². The van der Waals surface area contributed by atoms with Gasteiger partial charge in [0.2, 0.25) is 0 Å². The molecule has 4 heteroatoms. The summed E-state index contributed by atoms with van der Waals surface area (Å²) >= 11 is 3.36. The molecule has 0 N–H and O–H groups in total. The SMILES string of the molecule is CN(c1ccccc1C#N)c1c(F)cccc1CBr. The van der Waals surface area contributed by atoms with Crippen LogP contribution in [0, 0.1) is 17.1 Å². The van der Waals surface area contributed by atoms with E-state index in [1.165, 1.54) is 6.07 Å². The summed E-state index contributed by atoms with van der Waals surface area (Å²) < 4.78 is 14.1. The van der Waals surface area contributed by atoms with Crippen LogP contribution in [0.3, 0.4) is 0 Å². The van der Waals surface area contributed by atoms with Crippen molar-refractivity contribution in [3.63, 3.8) is 0 Å². The average molecular weight is 319 g/mol. The molecule has 0 unspecified atom stereocenters. The van der Waals surface area contributed by atoms with E-state index < -0.39 is 0 Å². The zero-order valence-corrected chi connectivity index (χ0v) is 12.0. The number of para-hydroxylation sites is 2. The third kappa shape index (κ3) is 2.61. The van der Waals surface area contributed by atoms with Crippen LogP contribution in [0.4, 0.5) is 15.8 Å². The van der Waals surface area contributed by atoms with Crippen LogP contribution in [0.25, 0.3) is 0 Å². The largest absolute Gasteiger partial charge is 0.341 e. The summed E-state index contributed by atoms with van der Waals surface area (Å²) in [5.74, 6) is -0.299. The number of anilines is 2. The van der Waals surface area contributed by atoms with Gasteiger partial charge in [0.05, 0.1) is 16.9 Å². The Morgan fingerprint density at radius 2 is 1.95 bits per heavy atom. The fraction of sp³-hybridized carbons (Fsp3) is 0.133. The number of rotatable bonds is 3. The summed E-state index contributed by atoms with van der Waals surface area (Å²) in [7, 11) is 1.76. The molecule has 19 heavy (non-hydrogen) atoms. The van der Waals surface area contributed by atoms with Crippen molar-refractivity contribution >= 4 is 27.3 Å². The zero-order chi connectivity index (χ0) is 13.8. The maximum atomic E-state index is 14.1. The van der Waals surface area contributed by atoms with Crippen molar-refractivity contribution in [1.29, 1.82) is 5.26 Å². The third-order valence-electron chi connectivity index (χ3n) is 2.94. The predicted octanol–water partition coefficient (Wildman–Crippen LogP) is 4.36. The molecule has 0 amide bonds. The van der Waals surface area contributed by atoms with Crippen molar-refractivity contribution in [3.05, 3.63) is 59.4 Å². The fourth-order valence-electron chi connectivity index (χ4n) is 2.02. The van der Waals surface area contributed by atoms with E-state index in [0.717, 1.165) is 5.56 Å². The molecule has 0 bridgehead atoms. The van der Waals surface area contributed by atoms with Gasteiger partial charge in [-0.05, 0) is 23.8 Å². The number of halogens is 2. The van der Waals surface area contributed by atoms with Crippen LogP contribution >= 0.6 is 15.9 Å². The van der Waals surface area contributed by atoms with Gasteiger partial charge in [-0.25, -0.2) is 4.39 Å². The number of nitrogens with zero attached hydrogens (tertiary/aromatic N) is 2. The van der Waals surface area contributed by atoms with E-state index in [1.807, 2.05) is 18.2 Å². The standard InChI is InChI=1S/C15H12BrFN2/c1-19(14-8-3-2-5-12(14)10-18)15-11(9-16)6-4-7-13(15)17/h2-8H,9H2,1H3. The molecule has 0 radical (unpaired) electrons. The van der Waals surface area contributed by atoms with Crippen molar-refractivity contribution in [1.82, 2.24) is 0 Å². The van der Waals surface area contributed by atoms with Crippen molar-refractivity contribution in [2.75, 3.05) is 11.9 Å². The molecule has 0 fully saturated rings. The second-order valence-corrected chi connectivity index (χ2v) is 4.63. The maximum absolute atomic E-state index is 14.1. The van der Waals surface area contributed by atoms with E-state index in [-0.39, 0.29) is 5.82 Å². The summed E-state index contributed by atoms with van der Waals surface area (Å²) in [6.45, 7) is 0. The van der Waals surface area contributed by atoms with E-state index >= 15 is 0 Å². The van der Waals surface area contributed by atoms with Gasteiger partial charge >= 0.3 is 0 Å².